The second kappa shape index (κ2) is 7.31. The van der Waals surface area contributed by atoms with Crippen molar-refractivity contribution >= 4 is 10.9 Å². The van der Waals surface area contributed by atoms with Crippen molar-refractivity contribution in [1.29, 1.82) is 0 Å². The number of methoxy groups -OCH3 is 1. The minimum absolute atomic E-state index is 0.0743. The van der Waals surface area contributed by atoms with Crippen molar-refractivity contribution in [1.82, 2.24) is 10.3 Å². The van der Waals surface area contributed by atoms with Gasteiger partial charge >= 0.3 is 0 Å². The Morgan fingerprint density at radius 1 is 1.10 bits per heavy atom. The van der Waals surface area contributed by atoms with Gasteiger partial charge in [-0.1, -0.05) is 30.3 Å². The fraction of sp³-hybridized carbons (Fsp3) is 0.333. The minimum atomic E-state index is 0.0743. The van der Waals surface area contributed by atoms with Gasteiger partial charge in [0.15, 0.2) is 0 Å². The van der Waals surface area contributed by atoms with Gasteiger partial charge in [0.05, 0.1) is 13.4 Å². The predicted molar refractivity (Wildman–Crippen MR) is 123 cm³/mol. The summed E-state index contributed by atoms with van der Waals surface area (Å²) >= 11 is 0. The molecule has 0 radical (unpaired) electrons. The summed E-state index contributed by atoms with van der Waals surface area (Å²) < 4.78 is 11.4. The molecule has 2 aromatic heterocycles. The first-order valence-electron chi connectivity index (χ1n) is 11.3. The third-order valence-corrected chi connectivity index (χ3v) is 7.64. The third-order valence-electron chi connectivity index (χ3n) is 7.64. The maximum atomic E-state index is 5.75. The molecule has 2 aromatic carbocycles. The van der Waals surface area contributed by atoms with Crippen LogP contribution in [0.5, 0.6) is 5.75 Å². The number of rotatable bonds is 4. The topological polar surface area (TPSA) is 50.2 Å². The number of aromatic nitrogens is 1. The Labute approximate surface area is 182 Å². The van der Waals surface area contributed by atoms with Crippen LogP contribution in [0, 0.1) is 5.92 Å². The van der Waals surface area contributed by atoms with Gasteiger partial charge in [-0.15, -0.1) is 0 Å². The number of aromatic amines is 1. The van der Waals surface area contributed by atoms with Crippen LogP contribution >= 0.6 is 0 Å². The number of piperidine rings is 1. The van der Waals surface area contributed by atoms with Gasteiger partial charge in [-0.2, -0.15) is 0 Å². The van der Waals surface area contributed by atoms with Crippen molar-refractivity contribution in [2.75, 3.05) is 13.7 Å². The lowest BCUT2D eigenvalue weighted by molar-refractivity contribution is 0.126. The van der Waals surface area contributed by atoms with Gasteiger partial charge in [0.2, 0.25) is 0 Å². The predicted octanol–water partition coefficient (Wildman–Crippen LogP) is 5.03. The highest BCUT2D eigenvalue weighted by Gasteiger charge is 2.50. The SMILES string of the molecule is COc1cccc([C@]23CCNC(Cc4ccco4)C2Cc2c([nH]c4ccccc24)C3)c1. The Kier molecular flexibility index (Phi) is 4.43. The lowest BCUT2D eigenvalue weighted by atomic mass is 9.56. The van der Waals surface area contributed by atoms with Crippen molar-refractivity contribution in [3.05, 3.63) is 89.5 Å². The number of benzene rings is 2. The molecular formula is C27H28N2O2. The molecule has 2 aliphatic rings. The molecule has 0 spiro atoms. The van der Waals surface area contributed by atoms with E-state index >= 15 is 0 Å². The van der Waals surface area contributed by atoms with Gasteiger partial charge in [-0.3, -0.25) is 0 Å². The molecule has 1 aliphatic carbocycles. The van der Waals surface area contributed by atoms with E-state index in [-0.39, 0.29) is 5.41 Å². The number of furan rings is 1. The van der Waals surface area contributed by atoms with Crippen LogP contribution in [0.15, 0.2) is 71.3 Å². The maximum absolute atomic E-state index is 5.75. The lowest BCUT2D eigenvalue weighted by Gasteiger charge is -2.52. The van der Waals surface area contributed by atoms with Crippen LogP contribution in [-0.4, -0.2) is 24.7 Å². The van der Waals surface area contributed by atoms with E-state index in [9.17, 15) is 0 Å². The number of para-hydroxylation sites is 1. The highest BCUT2D eigenvalue weighted by atomic mass is 16.5. The molecule has 4 nitrogen and oxygen atoms in total. The van der Waals surface area contributed by atoms with E-state index in [0.717, 1.165) is 43.7 Å². The fourth-order valence-electron chi connectivity index (χ4n) is 6.18. The molecule has 2 unspecified atom stereocenters. The van der Waals surface area contributed by atoms with E-state index in [1.807, 2.05) is 12.1 Å². The van der Waals surface area contributed by atoms with Crippen LogP contribution in [0.25, 0.3) is 10.9 Å². The third kappa shape index (κ3) is 3.01. The summed E-state index contributed by atoms with van der Waals surface area (Å²) in [5, 5.41) is 5.22. The first-order chi connectivity index (χ1) is 15.3. The molecule has 1 saturated heterocycles. The molecule has 1 aliphatic heterocycles. The summed E-state index contributed by atoms with van der Waals surface area (Å²) in [5.74, 6) is 2.48. The molecule has 4 heteroatoms. The second-order valence-electron chi connectivity index (χ2n) is 9.10. The standard InChI is InChI=1S/C27H28N2O2/c1-30-19-7-4-6-18(14-19)27-11-12-28-25(15-20-8-5-13-31-20)23(27)16-22-21-9-2-3-10-24(21)29-26(22)17-27/h2-10,13-14,23,25,28-29H,11-12,15-17H2,1H3/t23?,25?,27-/m1/s1. The summed E-state index contributed by atoms with van der Waals surface area (Å²) in [6, 6.07) is 22.0. The molecule has 158 valence electrons. The van der Waals surface area contributed by atoms with Gasteiger partial charge in [-0.25, -0.2) is 0 Å². The Bertz CT molecular complexity index is 1210. The van der Waals surface area contributed by atoms with E-state index in [1.54, 1.807) is 13.4 Å². The van der Waals surface area contributed by atoms with Crippen LogP contribution in [0.2, 0.25) is 0 Å². The summed E-state index contributed by atoms with van der Waals surface area (Å²) in [4.78, 5) is 3.76. The molecule has 31 heavy (non-hydrogen) atoms. The zero-order valence-electron chi connectivity index (χ0n) is 17.9. The van der Waals surface area contributed by atoms with Crippen LogP contribution < -0.4 is 10.1 Å². The smallest absolute Gasteiger partial charge is 0.119 e. The largest absolute Gasteiger partial charge is 0.497 e. The number of ether oxygens (including phenoxy) is 1. The van der Waals surface area contributed by atoms with Crippen molar-refractivity contribution in [2.45, 2.75) is 37.1 Å². The summed E-state index contributed by atoms with van der Waals surface area (Å²) in [6.45, 7) is 1.01. The molecule has 4 aromatic rings. The normalized spacial score (nSPS) is 25.2. The lowest BCUT2D eigenvalue weighted by Crippen LogP contribution is -2.58. The minimum Gasteiger partial charge on any atom is -0.497 e. The molecule has 0 saturated carbocycles. The summed E-state index contributed by atoms with van der Waals surface area (Å²) in [6.07, 6.45) is 5.92. The first kappa shape index (κ1) is 18.8. The maximum Gasteiger partial charge on any atom is 0.119 e. The Morgan fingerprint density at radius 3 is 2.90 bits per heavy atom. The Hall–Kier alpha value is -2.98. The summed E-state index contributed by atoms with van der Waals surface area (Å²) in [7, 11) is 1.76. The van der Waals surface area contributed by atoms with E-state index in [4.69, 9.17) is 9.15 Å². The quantitative estimate of drug-likeness (QED) is 0.494. The highest BCUT2D eigenvalue weighted by molar-refractivity contribution is 5.85. The van der Waals surface area contributed by atoms with Crippen LogP contribution in [-0.2, 0) is 24.7 Å². The van der Waals surface area contributed by atoms with Gasteiger partial charge < -0.3 is 19.5 Å². The summed E-state index contributed by atoms with van der Waals surface area (Å²) in [5.41, 5.74) is 5.62. The molecule has 3 heterocycles. The molecule has 0 amide bonds. The van der Waals surface area contributed by atoms with Crippen LogP contribution in [0.3, 0.4) is 0 Å². The highest BCUT2D eigenvalue weighted by Crippen LogP contribution is 2.50. The monoisotopic (exact) mass is 412 g/mol. The van der Waals surface area contributed by atoms with Gasteiger partial charge in [0, 0.05) is 34.5 Å². The van der Waals surface area contributed by atoms with Crippen molar-refractivity contribution in [3.8, 4) is 5.75 Å². The second-order valence-corrected chi connectivity index (χ2v) is 9.10. The van der Waals surface area contributed by atoms with Crippen LogP contribution in [0.1, 0.15) is 29.0 Å². The molecule has 6 rings (SSSR count). The number of hydrogen-bond acceptors (Lipinski definition) is 3. The molecule has 0 bridgehead atoms. The van der Waals surface area contributed by atoms with E-state index in [2.05, 4.69) is 58.8 Å². The van der Waals surface area contributed by atoms with Crippen LogP contribution in [0.4, 0.5) is 0 Å². The van der Waals surface area contributed by atoms with Gasteiger partial charge in [0.1, 0.15) is 11.5 Å². The van der Waals surface area contributed by atoms with E-state index in [0.29, 0.717) is 12.0 Å². The zero-order chi connectivity index (χ0) is 20.8. The average molecular weight is 413 g/mol. The Morgan fingerprint density at radius 2 is 2.03 bits per heavy atom. The van der Waals surface area contributed by atoms with Crippen molar-refractivity contribution in [2.24, 2.45) is 5.92 Å². The molecular weight excluding hydrogens is 384 g/mol. The van der Waals surface area contributed by atoms with E-state index < -0.39 is 0 Å². The van der Waals surface area contributed by atoms with Gasteiger partial charge in [-0.05, 0) is 73.2 Å². The van der Waals surface area contributed by atoms with Gasteiger partial charge in [0.25, 0.3) is 0 Å². The number of hydrogen-bond donors (Lipinski definition) is 2. The number of fused-ring (bicyclic) bond motifs is 4. The first-order valence-corrected chi connectivity index (χ1v) is 11.3. The molecule has 1 fully saturated rings. The molecule has 3 atom stereocenters. The van der Waals surface area contributed by atoms with Crippen molar-refractivity contribution < 1.29 is 9.15 Å². The van der Waals surface area contributed by atoms with Crippen molar-refractivity contribution in [3.63, 3.8) is 0 Å². The Balaban J connectivity index is 1.50. The van der Waals surface area contributed by atoms with E-state index in [1.165, 1.54) is 27.7 Å². The number of nitrogens with one attached hydrogen (secondary N) is 2. The average Bonchev–Trinajstić information content (AvgIpc) is 3.45. The zero-order valence-corrected chi connectivity index (χ0v) is 17.9. The fourth-order valence-corrected chi connectivity index (χ4v) is 6.18. The number of H-pyrrole nitrogens is 1. The molecule has 2 N–H and O–H groups in total.